The van der Waals surface area contributed by atoms with E-state index in [1.165, 1.54) is 64.2 Å². The van der Waals surface area contributed by atoms with Crippen molar-refractivity contribution in [2.45, 2.75) is 78.1 Å². The first kappa shape index (κ1) is 23.5. The molecule has 0 aromatic heterocycles. The fraction of sp³-hybridized carbons (Fsp3) is 0.850. The Labute approximate surface area is 154 Å². The summed E-state index contributed by atoms with van der Waals surface area (Å²) in [6.45, 7) is 10.4. The van der Waals surface area contributed by atoms with Crippen molar-refractivity contribution in [3.63, 3.8) is 0 Å². The molecule has 0 aromatic rings. The van der Waals surface area contributed by atoms with Crippen molar-refractivity contribution in [2.75, 3.05) is 31.2 Å². The minimum absolute atomic E-state index is 0.261. The number of ether oxygens (including phenoxy) is 1. The predicted molar refractivity (Wildman–Crippen MR) is 108 cm³/mol. The second kappa shape index (κ2) is 18.9. The molecule has 1 N–H and O–H groups in total. The molecule has 0 spiro atoms. The van der Waals surface area contributed by atoms with Crippen molar-refractivity contribution in [3.05, 3.63) is 12.2 Å². The van der Waals surface area contributed by atoms with E-state index in [9.17, 15) is 4.79 Å². The van der Waals surface area contributed by atoms with E-state index in [1.807, 2.05) is 6.92 Å². The summed E-state index contributed by atoms with van der Waals surface area (Å²) in [4.78, 5) is 11.4. The molecule has 4 heteroatoms. The quantitative estimate of drug-likeness (QED) is 0.204. The van der Waals surface area contributed by atoms with Crippen molar-refractivity contribution < 1.29 is 9.53 Å². The van der Waals surface area contributed by atoms with Gasteiger partial charge in [0.25, 0.3) is 0 Å². The number of unbranched alkanes of at least 4 members (excludes halogenated alkanes) is 9. The number of nitrogens with one attached hydrogen (secondary N) is 1. The summed E-state index contributed by atoms with van der Waals surface area (Å²) in [6, 6.07) is 0. The lowest BCUT2D eigenvalue weighted by molar-refractivity contribution is -0.138. The Morgan fingerprint density at radius 2 is 1.50 bits per heavy atom. The average Bonchev–Trinajstić information content (AvgIpc) is 2.58. The van der Waals surface area contributed by atoms with Gasteiger partial charge in [0.05, 0.1) is 6.61 Å². The van der Waals surface area contributed by atoms with Crippen LogP contribution in [0.2, 0.25) is 0 Å². The number of thioether (sulfide) groups is 1. The van der Waals surface area contributed by atoms with Crippen LogP contribution in [-0.4, -0.2) is 37.2 Å². The Morgan fingerprint density at radius 1 is 0.917 bits per heavy atom. The van der Waals surface area contributed by atoms with Crippen LogP contribution in [0.5, 0.6) is 0 Å². The lowest BCUT2D eigenvalue weighted by atomic mass is 10.1. The van der Waals surface area contributed by atoms with Gasteiger partial charge in [0.1, 0.15) is 0 Å². The molecule has 24 heavy (non-hydrogen) atoms. The first-order valence-corrected chi connectivity index (χ1v) is 11.0. The van der Waals surface area contributed by atoms with Crippen molar-refractivity contribution in [1.29, 1.82) is 0 Å². The molecule has 0 unspecified atom stereocenters. The summed E-state index contributed by atoms with van der Waals surface area (Å²) in [5.74, 6) is 1.41. The van der Waals surface area contributed by atoms with Crippen LogP contribution in [-0.2, 0) is 9.53 Å². The van der Waals surface area contributed by atoms with Gasteiger partial charge in [-0.05, 0) is 19.9 Å². The molecule has 3 nitrogen and oxygen atoms in total. The topological polar surface area (TPSA) is 38.3 Å². The van der Waals surface area contributed by atoms with Gasteiger partial charge in [-0.25, -0.2) is 4.79 Å². The first-order valence-electron chi connectivity index (χ1n) is 9.85. The van der Waals surface area contributed by atoms with Crippen LogP contribution in [0.3, 0.4) is 0 Å². The number of hydrogen-bond acceptors (Lipinski definition) is 4. The van der Waals surface area contributed by atoms with Crippen molar-refractivity contribution in [1.82, 2.24) is 5.32 Å². The fourth-order valence-electron chi connectivity index (χ4n) is 2.49. The van der Waals surface area contributed by atoms with Crippen LogP contribution < -0.4 is 5.32 Å². The van der Waals surface area contributed by atoms with E-state index < -0.39 is 0 Å². The fourth-order valence-corrected chi connectivity index (χ4v) is 3.29. The summed E-state index contributed by atoms with van der Waals surface area (Å²) in [6.07, 6.45) is 13.8. The van der Waals surface area contributed by atoms with E-state index in [0.717, 1.165) is 18.8 Å². The predicted octanol–water partition coefficient (Wildman–Crippen LogP) is 5.35. The molecule has 0 rings (SSSR count). The van der Waals surface area contributed by atoms with Gasteiger partial charge in [-0.2, -0.15) is 11.8 Å². The zero-order chi connectivity index (χ0) is 17.9. The summed E-state index contributed by atoms with van der Waals surface area (Å²) in [5, 5.41) is 3.47. The smallest absolute Gasteiger partial charge is 0.334 e. The standard InChI is InChI=1S/C20H39NO2S/c1-4-6-7-8-9-10-11-12-13-14-15-21-16-17-24-18-19(3)20(22)23-5-2/h21H,3-18H2,1-2H3. The Morgan fingerprint density at radius 3 is 2.08 bits per heavy atom. The van der Waals surface area contributed by atoms with Crippen LogP contribution in [0.25, 0.3) is 0 Å². The zero-order valence-electron chi connectivity index (χ0n) is 16.0. The van der Waals surface area contributed by atoms with Crippen LogP contribution in [0.1, 0.15) is 78.1 Å². The number of rotatable bonds is 18. The Bertz CT molecular complexity index is 308. The molecule has 0 heterocycles. The van der Waals surface area contributed by atoms with Crippen LogP contribution in [0.4, 0.5) is 0 Å². The number of esters is 1. The third-order valence-electron chi connectivity index (χ3n) is 3.97. The van der Waals surface area contributed by atoms with Crippen molar-refractivity contribution in [3.8, 4) is 0 Å². The molecule has 0 atom stereocenters. The summed E-state index contributed by atoms with van der Waals surface area (Å²) in [5.41, 5.74) is 0.566. The van der Waals surface area contributed by atoms with Crippen molar-refractivity contribution in [2.24, 2.45) is 0 Å². The van der Waals surface area contributed by atoms with Gasteiger partial charge in [0.15, 0.2) is 0 Å². The van der Waals surface area contributed by atoms with E-state index in [4.69, 9.17) is 4.74 Å². The third-order valence-corrected chi connectivity index (χ3v) is 5.02. The highest BCUT2D eigenvalue weighted by molar-refractivity contribution is 7.99. The molecule has 0 aliphatic heterocycles. The normalized spacial score (nSPS) is 10.8. The molecular weight excluding hydrogens is 318 g/mol. The van der Waals surface area contributed by atoms with Crippen molar-refractivity contribution >= 4 is 17.7 Å². The number of carbonyl (C=O) groups excluding carboxylic acids is 1. The van der Waals surface area contributed by atoms with E-state index in [-0.39, 0.29) is 5.97 Å². The maximum Gasteiger partial charge on any atom is 0.334 e. The molecule has 0 radical (unpaired) electrons. The van der Waals surface area contributed by atoms with E-state index in [0.29, 0.717) is 17.9 Å². The molecule has 0 bridgehead atoms. The third kappa shape index (κ3) is 16.4. The molecule has 0 saturated heterocycles. The van der Waals surface area contributed by atoms with Crippen LogP contribution in [0.15, 0.2) is 12.2 Å². The Kier molecular flexibility index (Phi) is 18.5. The Hall–Kier alpha value is -0.480. The number of hydrogen-bond donors (Lipinski definition) is 1. The van der Waals surface area contributed by atoms with Gasteiger partial charge in [-0.15, -0.1) is 0 Å². The van der Waals surface area contributed by atoms with Gasteiger partial charge in [-0.1, -0.05) is 71.3 Å². The first-order chi connectivity index (χ1) is 11.7. The summed E-state index contributed by atoms with van der Waals surface area (Å²) in [7, 11) is 0. The van der Waals surface area contributed by atoms with Gasteiger partial charge in [-0.3, -0.25) is 0 Å². The highest BCUT2D eigenvalue weighted by Gasteiger charge is 2.06. The Balaban J connectivity index is 3.15. The highest BCUT2D eigenvalue weighted by atomic mass is 32.2. The highest BCUT2D eigenvalue weighted by Crippen LogP contribution is 2.10. The van der Waals surface area contributed by atoms with Crippen LogP contribution >= 0.6 is 11.8 Å². The maximum absolute atomic E-state index is 11.4. The SMILES string of the molecule is C=C(CSCCNCCCCCCCCCCCC)C(=O)OCC. The largest absolute Gasteiger partial charge is 0.463 e. The van der Waals surface area contributed by atoms with E-state index in [1.54, 1.807) is 11.8 Å². The summed E-state index contributed by atoms with van der Waals surface area (Å²) >= 11 is 1.74. The molecule has 0 saturated carbocycles. The lowest BCUT2D eigenvalue weighted by Gasteiger charge is -2.06. The minimum Gasteiger partial charge on any atom is -0.463 e. The van der Waals surface area contributed by atoms with E-state index in [2.05, 4.69) is 18.8 Å². The monoisotopic (exact) mass is 357 g/mol. The minimum atomic E-state index is -0.261. The lowest BCUT2D eigenvalue weighted by Crippen LogP contribution is -2.19. The molecule has 142 valence electrons. The molecule has 0 amide bonds. The summed E-state index contributed by atoms with van der Waals surface area (Å²) < 4.78 is 4.91. The van der Waals surface area contributed by atoms with Crippen LogP contribution in [0, 0.1) is 0 Å². The molecular formula is C20H39NO2S. The maximum atomic E-state index is 11.4. The molecule has 0 aliphatic carbocycles. The number of carbonyl (C=O) groups is 1. The van der Waals surface area contributed by atoms with Gasteiger partial charge >= 0.3 is 5.97 Å². The van der Waals surface area contributed by atoms with Gasteiger partial charge in [0.2, 0.25) is 0 Å². The molecule has 0 fully saturated rings. The molecule has 0 aromatic carbocycles. The van der Waals surface area contributed by atoms with Gasteiger partial charge < -0.3 is 10.1 Å². The molecule has 0 aliphatic rings. The average molecular weight is 358 g/mol. The second-order valence-electron chi connectivity index (χ2n) is 6.31. The second-order valence-corrected chi connectivity index (χ2v) is 7.41. The van der Waals surface area contributed by atoms with Gasteiger partial charge in [0, 0.05) is 23.6 Å². The van der Waals surface area contributed by atoms with E-state index >= 15 is 0 Å². The zero-order valence-corrected chi connectivity index (χ0v) is 16.9.